The van der Waals surface area contributed by atoms with Gasteiger partial charge in [0.2, 0.25) is 0 Å². The van der Waals surface area contributed by atoms with Gasteiger partial charge in [-0.3, -0.25) is 9.59 Å². The van der Waals surface area contributed by atoms with E-state index in [1.165, 1.54) is 18.2 Å². The number of para-hydroxylation sites is 1. The Morgan fingerprint density at radius 3 is 2.39 bits per heavy atom. The van der Waals surface area contributed by atoms with Gasteiger partial charge < -0.3 is 9.84 Å². The Kier molecular flexibility index (Phi) is 5.40. The fourth-order valence-electron chi connectivity index (χ4n) is 2.12. The second-order valence-corrected chi connectivity index (χ2v) is 5.78. The van der Waals surface area contributed by atoms with Crippen molar-refractivity contribution in [1.29, 1.82) is 0 Å². The molecule has 0 unspecified atom stereocenters. The molecular weight excluding hydrogens is 316 g/mol. The van der Waals surface area contributed by atoms with Crippen LogP contribution >= 0.6 is 11.6 Å². The number of phenols is 1. The summed E-state index contributed by atoms with van der Waals surface area (Å²) in [7, 11) is 0. The Morgan fingerprint density at radius 1 is 1.09 bits per heavy atom. The van der Waals surface area contributed by atoms with Gasteiger partial charge in [-0.15, -0.1) is 0 Å². The monoisotopic (exact) mass is 332 g/mol. The predicted molar refractivity (Wildman–Crippen MR) is 88.6 cm³/mol. The number of carbonyl (C=O) groups is 2. The standard InChI is InChI=1S/C18H17ClO4/c1-11(2)23-18-8-7-12(19)9-14(18)17(22)10-16(21)13-5-3-4-6-15(13)20/h3-9,11,20H,10H2,1-2H3. The van der Waals surface area contributed by atoms with E-state index in [4.69, 9.17) is 16.3 Å². The van der Waals surface area contributed by atoms with Crippen LogP contribution in [-0.2, 0) is 0 Å². The average molecular weight is 333 g/mol. The third-order valence-corrected chi connectivity index (χ3v) is 3.37. The van der Waals surface area contributed by atoms with Crippen LogP contribution in [0.4, 0.5) is 0 Å². The van der Waals surface area contributed by atoms with Crippen molar-refractivity contribution in [2.24, 2.45) is 0 Å². The van der Waals surface area contributed by atoms with Gasteiger partial charge in [0.15, 0.2) is 11.6 Å². The second kappa shape index (κ2) is 7.29. The van der Waals surface area contributed by atoms with Crippen molar-refractivity contribution >= 4 is 23.2 Å². The SMILES string of the molecule is CC(C)Oc1ccc(Cl)cc1C(=O)CC(=O)c1ccccc1O. The number of hydrogen-bond donors (Lipinski definition) is 1. The number of phenolic OH excluding ortho intramolecular Hbond substituents is 1. The van der Waals surface area contributed by atoms with E-state index in [0.29, 0.717) is 10.8 Å². The van der Waals surface area contributed by atoms with Crippen LogP contribution in [0.25, 0.3) is 0 Å². The normalized spacial score (nSPS) is 10.6. The first-order chi connectivity index (χ1) is 10.9. The third-order valence-electron chi connectivity index (χ3n) is 3.13. The van der Waals surface area contributed by atoms with Crippen LogP contribution < -0.4 is 4.74 Å². The second-order valence-electron chi connectivity index (χ2n) is 5.35. The lowest BCUT2D eigenvalue weighted by Crippen LogP contribution is -2.13. The highest BCUT2D eigenvalue weighted by Crippen LogP contribution is 2.26. The minimum absolute atomic E-state index is 0.114. The topological polar surface area (TPSA) is 63.6 Å². The number of carbonyl (C=O) groups excluding carboxylic acids is 2. The quantitative estimate of drug-likeness (QED) is 0.633. The highest BCUT2D eigenvalue weighted by Gasteiger charge is 2.20. The summed E-state index contributed by atoms with van der Waals surface area (Å²) in [6.45, 7) is 3.69. The van der Waals surface area contributed by atoms with Crippen LogP contribution in [0.15, 0.2) is 42.5 Å². The molecule has 0 fully saturated rings. The first kappa shape index (κ1) is 17.0. The Morgan fingerprint density at radius 2 is 1.74 bits per heavy atom. The van der Waals surface area contributed by atoms with Gasteiger partial charge in [0.1, 0.15) is 11.5 Å². The lowest BCUT2D eigenvalue weighted by atomic mass is 10.0. The van der Waals surface area contributed by atoms with Crippen molar-refractivity contribution in [3.8, 4) is 11.5 Å². The number of aromatic hydroxyl groups is 1. The third kappa shape index (κ3) is 4.33. The van der Waals surface area contributed by atoms with Crippen LogP contribution in [0.5, 0.6) is 11.5 Å². The van der Waals surface area contributed by atoms with Crippen LogP contribution in [0.3, 0.4) is 0 Å². The van der Waals surface area contributed by atoms with Gasteiger partial charge in [0.25, 0.3) is 0 Å². The Bertz CT molecular complexity index is 738. The maximum Gasteiger partial charge on any atom is 0.174 e. The van der Waals surface area contributed by atoms with E-state index in [1.54, 1.807) is 24.3 Å². The number of hydrogen-bond acceptors (Lipinski definition) is 4. The molecule has 0 aliphatic heterocycles. The molecule has 5 heteroatoms. The molecule has 120 valence electrons. The fourth-order valence-corrected chi connectivity index (χ4v) is 2.29. The van der Waals surface area contributed by atoms with Crippen molar-refractivity contribution in [1.82, 2.24) is 0 Å². The lowest BCUT2D eigenvalue weighted by molar-refractivity contribution is 0.0890. The molecule has 0 bridgehead atoms. The van der Waals surface area contributed by atoms with Crippen molar-refractivity contribution in [2.45, 2.75) is 26.4 Å². The molecule has 0 aliphatic rings. The molecule has 2 rings (SSSR count). The smallest absolute Gasteiger partial charge is 0.174 e. The molecule has 2 aromatic carbocycles. The Balaban J connectivity index is 2.25. The van der Waals surface area contributed by atoms with E-state index >= 15 is 0 Å². The van der Waals surface area contributed by atoms with Crippen molar-refractivity contribution in [3.63, 3.8) is 0 Å². The number of ketones is 2. The summed E-state index contributed by atoms with van der Waals surface area (Å²) >= 11 is 5.94. The van der Waals surface area contributed by atoms with E-state index in [0.717, 1.165) is 0 Å². The van der Waals surface area contributed by atoms with Crippen LogP contribution in [0.2, 0.25) is 5.02 Å². The molecule has 0 radical (unpaired) electrons. The molecule has 0 atom stereocenters. The summed E-state index contributed by atoms with van der Waals surface area (Å²) < 4.78 is 5.59. The molecular formula is C18H17ClO4. The van der Waals surface area contributed by atoms with Gasteiger partial charge in [-0.1, -0.05) is 23.7 Å². The first-order valence-electron chi connectivity index (χ1n) is 7.19. The zero-order valence-electron chi connectivity index (χ0n) is 12.9. The largest absolute Gasteiger partial charge is 0.507 e. The molecule has 0 saturated heterocycles. The summed E-state index contributed by atoms with van der Waals surface area (Å²) in [5, 5.41) is 10.1. The number of benzene rings is 2. The summed E-state index contributed by atoms with van der Waals surface area (Å²) in [6.07, 6.45) is -0.483. The maximum absolute atomic E-state index is 12.5. The van der Waals surface area contributed by atoms with E-state index in [2.05, 4.69) is 0 Å². The van der Waals surface area contributed by atoms with Gasteiger partial charge in [-0.05, 0) is 44.2 Å². The van der Waals surface area contributed by atoms with E-state index < -0.39 is 11.6 Å². The van der Waals surface area contributed by atoms with Gasteiger partial charge >= 0.3 is 0 Å². The summed E-state index contributed by atoms with van der Waals surface area (Å²) in [5.74, 6) is -0.616. The van der Waals surface area contributed by atoms with Crippen molar-refractivity contribution < 1.29 is 19.4 Å². The minimum atomic E-state index is -0.455. The number of rotatable bonds is 6. The predicted octanol–water partition coefficient (Wildman–Crippen LogP) is 4.29. The zero-order valence-corrected chi connectivity index (χ0v) is 13.6. The van der Waals surface area contributed by atoms with Crippen LogP contribution in [0.1, 0.15) is 41.0 Å². The first-order valence-corrected chi connectivity index (χ1v) is 7.57. The Labute approximate surface area is 139 Å². The molecule has 0 aromatic heterocycles. The highest BCUT2D eigenvalue weighted by molar-refractivity contribution is 6.31. The molecule has 0 aliphatic carbocycles. The average Bonchev–Trinajstić information content (AvgIpc) is 2.48. The zero-order chi connectivity index (χ0) is 17.0. The maximum atomic E-state index is 12.5. The molecule has 4 nitrogen and oxygen atoms in total. The lowest BCUT2D eigenvalue weighted by Gasteiger charge is -2.14. The summed E-state index contributed by atoms with van der Waals surface area (Å²) in [6, 6.07) is 10.9. The minimum Gasteiger partial charge on any atom is -0.507 e. The van der Waals surface area contributed by atoms with Crippen LogP contribution in [-0.4, -0.2) is 22.8 Å². The van der Waals surface area contributed by atoms with E-state index in [1.807, 2.05) is 13.8 Å². The number of halogens is 1. The summed E-state index contributed by atoms with van der Waals surface area (Å²) in [4.78, 5) is 24.7. The highest BCUT2D eigenvalue weighted by atomic mass is 35.5. The van der Waals surface area contributed by atoms with Crippen molar-refractivity contribution in [3.05, 3.63) is 58.6 Å². The Hall–Kier alpha value is -2.33. The van der Waals surface area contributed by atoms with Gasteiger partial charge in [-0.25, -0.2) is 0 Å². The van der Waals surface area contributed by atoms with Gasteiger partial charge in [0.05, 0.1) is 23.7 Å². The molecule has 0 amide bonds. The van der Waals surface area contributed by atoms with Crippen LogP contribution in [0, 0.1) is 0 Å². The van der Waals surface area contributed by atoms with Crippen molar-refractivity contribution in [2.75, 3.05) is 0 Å². The molecule has 2 aromatic rings. The molecule has 1 N–H and O–H groups in total. The van der Waals surface area contributed by atoms with E-state index in [-0.39, 0.29) is 29.4 Å². The number of Topliss-reactive ketones (excluding diaryl/α,β-unsaturated/α-hetero) is 2. The number of ether oxygens (including phenoxy) is 1. The summed E-state index contributed by atoms with van der Waals surface area (Å²) in [5.41, 5.74) is 0.379. The fraction of sp³-hybridized carbons (Fsp3) is 0.222. The molecule has 0 saturated carbocycles. The molecule has 23 heavy (non-hydrogen) atoms. The van der Waals surface area contributed by atoms with Gasteiger partial charge in [-0.2, -0.15) is 0 Å². The van der Waals surface area contributed by atoms with Gasteiger partial charge in [0, 0.05) is 5.02 Å². The molecule has 0 spiro atoms. The van der Waals surface area contributed by atoms with E-state index in [9.17, 15) is 14.7 Å². The molecule has 0 heterocycles.